The van der Waals surface area contributed by atoms with E-state index in [4.69, 9.17) is 4.74 Å². The van der Waals surface area contributed by atoms with Gasteiger partial charge in [-0.3, -0.25) is 0 Å². The van der Waals surface area contributed by atoms with Crippen LogP contribution in [0.4, 0.5) is 5.69 Å². The topological polar surface area (TPSA) is 12.5 Å². The molecule has 15 heavy (non-hydrogen) atoms. The van der Waals surface area contributed by atoms with E-state index in [1.165, 1.54) is 5.69 Å². The van der Waals surface area contributed by atoms with Crippen molar-refractivity contribution in [2.24, 2.45) is 5.92 Å². The Kier molecular flexibility index (Phi) is 4.95. The molecule has 0 aliphatic carbocycles. The van der Waals surface area contributed by atoms with Gasteiger partial charge in [0.25, 0.3) is 0 Å². The molecular weight excluding hydrogens is 254 g/mol. The predicted octanol–water partition coefficient (Wildman–Crippen LogP) is 3.16. The summed E-state index contributed by atoms with van der Waals surface area (Å²) in [7, 11) is 4.06. The number of alkyl halides is 1. The summed E-state index contributed by atoms with van der Waals surface area (Å²) >= 11 is 3.44. The molecule has 0 amide bonds. The Bertz CT molecular complexity index is 301. The lowest BCUT2D eigenvalue weighted by Gasteiger charge is -2.15. The van der Waals surface area contributed by atoms with Crippen LogP contribution in [0, 0.1) is 5.92 Å². The van der Waals surface area contributed by atoms with Crippen LogP contribution in [0.15, 0.2) is 24.3 Å². The maximum atomic E-state index is 5.69. The second-order valence-corrected chi connectivity index (χ2v) is 4.61. The SMILES string of the molecule is CC(CBr)COc1cccc(N(C)C)c1. The lowest BCUT2D eigenvalue weighted by atomic mass is 10.2. The number of halogens is 1. The monoisotopic (exact) mass is 271 g/mol. The van der Waals surface area contributed by atoms with Gasteiger partial charge in [-0.15, -0.1) is 0 Å². The average molecular weight is 272 g/mol. The van der Waals surface area contributed by atoms with Crippen LogP contribution in [-0.4, -0.2) is 26.0 Å². The van der Waals surface area contributed by atoms with Gasteiger partial charge in [-0.25, -0.2) is 0 Å². The Labute approximate surface area is 100 Å². The minimum atomic E-state index is 0.535. The van der Waals surface area contributed by atoms with Crippen LogP contribution < -0.4 is 9.64 Å². The summed E-state index contributed by atoms with van der Waals surface area (Å²) in [6, 6.07) is 8.14. The van der Waals surface area contributed by atoms with Crippen molar-refractivity contribution in [3.8, 4) is 5.75 Å². The summed E-state index contributed by atoms with van der Waals surface area (Å²) < 4.78 is 5.69. The molecule has 0 heterocycles. The molecule has 0 spiro atoms. The summed E-state index contributed by atoms with van der Waals surface area (Å²) in [5.41, 5.74) is 1.17. The molecule has 0 aliphatic heterocycles. The lowest BCUT2D eigenvalue weighted by molar-refractivity contribution is 0.274. The highest BCUT2D eigenvalue weighted by Gasteiger charge is 2.02. The van der Waals surface area contributed by atoms with Crippen LogP contribution in [-0.2, 0) is 0 Å². The third-order valence-electron chi connectivity index (χ3n) is 2.13. The Hall–Kier alpha value is -0.700. The van der Waals surface area contributed by atoms with E-state index in [1.807, 2.05) is 26.2 Å². The number of hydrogen-bond acceptors (Lipinski definition) is 2. The molecule has 0 aliphatic rings. The van der Waals surface area contributed by atoms with E-state index in [0.29, 0.717) is 5.92 Å². The van der Waals surface area contributed by atoms with E-state index in [2.05, 4.69) is 39.9 Å². The fourth-order valence-corrected chi connectivity index (χ4v) is 1.32. The largest absolute Gasteiger partial charge is 0.493 e. The highest BCUT2D eigenvalue weighted by molar-refractivity contribution is 9.09. The summed E-state index contributed by atoms with van der Waals surface area (Å²) in [5, 5.41) is 0.973. The molecule has 84 valence electrons. The molecular formula is C12H18BrNO. The highest BCUT2D eigenvalue weighted by Crippen LogP contribution is 2.19. The highest BCUT2D eigenvalue weighted by atomic mass is 79.9. The van der Waals surface area contributed by atoms with Crippen molar-refractivity contribution in [3.63, 3.8) is 0 Å². The second-order valence-electron chi connectivity index (χ2n) is 3.96. The predicted molar refractivity (Wildman–Crippen MR) is 69.2 cm³/mol. The van der Waals surface area contributed by atoms with Gasteiger partial charge in [-0.05, 0) is 18.1 Å². The molecule has 2 nitrogen and oxygen atoms in total. The van der Waals surface area contributed by atoms with Crippen molar-refractivity contribution in [1.82, 2.24) is 0 Å². The molecule has 1 rings (SSSR count). The van der Waals surface area contributed by atoms with Crippen LogP contribution >= 0.6 is 15.9 Å². The van der Waals surface area contributed by atoms with Gasteiger partial charge < -0.3 is 9.64 Å². The van der Waals surface area contributed by atoms with Gasteiger partial charge in [0.15, 0.2) is 0 Å². The maximum absolute atomic E-state index is 5.69. The van der Waals surface area contributed by atoms with Crippen molar-refractivity contribution in [2.45, 2.75) is 6.92 Å². The zero-order valence-corrected chi connectivity index (χ0v) is 11.1. The molecule has 0 radical (unpaired) electrons. The van der Waals surface area contributed by atoms with Crippen molar-refractivity contribution in [3.05, 3.63) is 24.3 Å². The molecule has 1 aromatic carbocycles. The van der Waals surface area contributed by atoms with Gasteiger partial charge in [0, 0.05) is 31.2 Å². The molecule has 1 aromatic rings. The van der Waals surface area contributed by atoms with Gasteiger partial charge >= 0.3 is 0 Å². The normalized spacial score (nSPS) is 12.3. The second kappa shape index (κ2) is 6.01. The van der Waals surface area contributed by atoms with E-state index in [0.717, 1.165) is 17.7 Å². The first-order chi connectivity index (χ1) is 7.13. The summed E-state index contributed by atoms with van der Waals surface area (Å²) in [4.78, 5) is 2.07. The maximum Gasteiger partial charge on any atom is 0.121 e. The smallest absolute Gasteiger partial charge is 0.121 e. The van der Waals surface area contributed by atoms with Gasteiger partial charge in [-0.1, -0.05) is 28.9 Å². The molecule has 0 saturated carbocycles. The summed E-state index contributed by atoms with van der Waals surface area (Å²) in [5.74, 6) is 1.47. The van der Waals surface area contributed by atoms with Crippen LogP contribution in [0.1, 0.15) is 6.92 Å². The van der Waals surface area contributed by atoms with Gasteiger partial charge in [0.05, 0.1) is 6.61 Å². The third-order valence-corrected chi connectivity index (χ3v) is 3.24. The molecule has 0 saturated heterocycles. The third kappa shape index (κ3) is 4.12. The Morgan fingerprint density at radius 1 is 1.40 bits per heavy atom. The lowest BCUT2D eigenvalue weighted by Crippen LogP contribution is -2.11. The van der Waals surface area contributed by atoms with Crippen molar-refractivity contribution in [1.29, 1.82) is 0 Å². The van der Waals surface area contributed by atoms with E-state index in [-0.39, 0.29) is 0 Å². The minimum absolute atomic E-state index is 0.535. The van der Waals surface area contributed by atoms with Gasteiger partial charge in [0.1, 0.15) is 5.75 Å². The first-order valence-electron chi connectivity index (χ1n) is 5.09. The van der Waals surface area contributed by atoms with Crippen LogP contribution in [0.25, 0.3) is 0 Å². The molecule has 0 fully saturated rings. The molecule has 1 unspecified atom stereocenters. The Morgan fingerprint density at radius 2 is 2.13 bits per heavy atom. The molecule has 1 atom stereocenters. The zero-order chi connectivity index (χ0) is 11.3. The number of hydrogen-bond donors (Lipinski definition) is 0. The van der Waals surface area contributed by atoms with E-state index in [9.17, 15) is 0 Å². The Balaban J connectivity index is 2.58. The zero-order valence-electron chi connectivity index (χ0n) is 9.53. The number of nitrogens with zero attached hydrogens (tertiary/aromatic N) is 1. The fourth-order valence-electron chi connectivity index (χ4n) is 1.13. The Morgan fingerprint density at radius 3 is 2.73 bits per heavy atom. The first kappa shape index (κ1) is 12.4. The average Bonchev–Trinajstić information content (AvgIpc) is 2.26. The molecule has 0 aromatic heterocycles. The number of anilines is 1. The summed E-state index contributed by atoms with van der Waals surface area (Å²) in [6.07, 6.45) is 0. The van der Waals surface area contributed by atoms with Crippen molar-refractivity contribution in [2.75, 3.05) is 30.9 Å². The number of rotatable bonds is 5. The van der Waals surface area contributed by atoms with Gasteiger partial charge in [-0.2, -0.15) is 0 Å². The summed E-state index contributed by atoms with van der Waals surface area (Å²) in [6.45, 7) is 2.91. The standard InChI is InChI=1S/C12H18BrNO/c1-10(8-13)9-15-12-6-4-5-11(7-12)14(2)3/h4-7,10H,8-9H2,1-3H3. The van der Waals surface area contributed by atoms with E-state index >= 15 is 0 Å². The minimum Gasteiger partial charge on any atom is -0.493 e. The van der Waals surface area contributed by atoms with E-state index in [1.54, 1.807) is 0 Å². The number of ether oxygens (including phenoxy) is 1. The van der Waals surface area contributed by atoms with Crippen molar-refractivity contribution < 1.29 is 4.74 Å². The van der Waals surface area contributed by atoms with Crippen LogP contribution in [0.3, 0.4) is 0 Å². The molecule has 0 bridgehead atoms. The number of benzene rings is 1. The molecule has 3 heteroatoms. The van der Waals surface area contributed by atoms with Crippen molar-refractivity contribution >= 4 is 21.6 Å². The van der Waals surface area contributed by atoms with E-state index < -0.39 is 0 Å². The quantitative estimate of drug-likeness (QED) is 0.763. The molecule has 0 N–H and O–H groups in total. The van der Waals surface area contributed by atoms with Crippen LogP contribution in [0.5, 0.6) is 5.75 Å². The fraction of sp³-hybridized carbons (Fsp3) is 0.500. The van der Waals surface area contributed by atoms with Crippen LogP contribution in [0.2, 0.25) is 0 Å². The first-order valence-corrected chi connectivity index (χ1v) is 6.21. The van der Waals surface area contributed by atoms with Gasteiger partial charge in [0.2, 0.25) is 0 Å².